The Hall–Kier alpha value is -2.10. The number of rotatable bonds is 4. The van der Waals surface area contributed by atoms with E-state index in [1.54, 1.807) is 11.0 Å². The molecule has 24 heavy (non-hydrogen) atoms. The lowest BCUT2D eigenvalue weighted by Gasteiger charge is -2.20. The Morgan fingerprint density at radius 1 is 1.21 bits per heavy atom. The van der Waals surface area contributed by atoms with Gasteiger partial charge in [0.25, 0.3) is 0 Å². The Morgan fingerprint density at radius 2 is 1.79 bits per heavy atom. The molecule has 0 bridgehead atoms. The number of likely N-dealkylation sites (tertiary alicyclic amines) is 1. The summed E-state index contributed by atoms with van der Waals surface area (Å²) in [5, 5.41) is 9.07. The second kappa shape index (κ2) is 6.42. The van der Waals surface area contributed by atoms with Gasteiger partial charge in [-0.15, -0.1) is 0 Å². The Morgan fingerprint density at radius 3 is 2.29 bits per heavy atom. The van der Waals surface area contributed by atoms with Crippen LogP contribution in [0.1, 0.15) is 57.0 Å². The van der Waals surface area contributed by atoms with Crippen LogP contribution in [-0.4, -0.2) is 34.8 Å². The summed E-state index contributed by atoms with van der Waals surface area (Å²) in [5.74, 6) is -0.945. The summed E-state index contributed by atoms with van der Waals surface area (Å²) in [6.45, 7) is 11.2. The lowest BCUT2D eigenvalue weighted by molar-refractivity contribution is -0.137. The van der Waals surface area contributed by atoms with Gasteiger partial charge in [-0.25, -0.2) is 0 Å². The first-order valence-corrected chi connectivity index (χ1v) is 8.30. The number of carboxylic acids is 1. The van der Waals surface area contributed by atoms with E-state index < -0.39 is 5.97 Å². The highest BCUT2D eigenvalue weighted by atomic mass is 16.4. The van der Waals surface area contributed by atoms with Crippen molar-refractivity contribution in [3.8, 4) is 0 Å². The first kappa shape index (κ1) is 18.2. The molecule has 0 aliphatic carbocycles. The van der Waals surface area contributed by atoms with E-state index in [4.69, 9.17) is 5.11 Å². The number of benzene rings is 1. The van der Waals surface area contributed by atoms with E-state index in [0.717, 1.165) is 5.70 Å². The van der Waals surface area contributed by atoms with Crippen molar-refractivity contribution < 1.29 is 14.7 Å². The lowest BCUT2D eigenvalue weighted by atomic mass is 9.86. The summed E-state index contributed by atoms with van der Waals surface area (Å²) in [4.78, 5) is 25.4. The molecule has 0 unspecified atom stereocenters. The lowest BCUT2D eigenvalue weighted by Crippen LogP contribution is -2.28. The van der Waals surface area contributed by atoms with Gasteiger partial charge in [0.1, 0.15) is 6.54 Å². The fourth-order valence-electron chi connectivity index (χ4n) is 3.11. The van der Waals surface area contributed by atoms with Gasteiger partial charge in [-0.3, -0.25) is 9.59 Å². The van der Waals surface area contributed by atoms with Crippen LogP contribution in [0, 0.1) is 5.41 Å². The highest BCUT2D eigenvalue weighted by molar-refractivity contribution is 6.05. The van der Waals surface area contributed by atoms with E-state index in [1.165, 1.54) is 5.56 Å². The average Bonchev–Trinajstić information content (AvgIpc) is 2.71. The molecule has 0 spiro atoms. The molecule has 4 heteroatoms. The minimum absolute atomic E-state index is 0.0162. The van der Waals surface area contributed by atoms with Gasteiger partial charge in [-0.2, -0.15) is 0 Å². The van der Waals surface area contributed by atoms with Crippen LogP contribution in [0.5, 0.6) is 0 Å². The van der Waals surface area contributed by atoms with Crippen molar-refractivity contribution in [3.05, 3.63) is 47.2 Å². The minimum atomic E-state index is -0.874. The summed E-state index contributed by atoms with van der Waals surface area (Å²) < 4.78 is 0. The molecule has 1 saturated heterocycles. The molecule has 1 aliphatic heterocycles. The Kier molecular flexibility index (Phi) is 4.88. The molecule has 0 atom stereocenters. The molecule has 1 heterocycles. The number of ketones is 1. The van der Waals surface area contributed by atoms with E-state index in [-0.39, 0.29) is 23.2 Å². The molecule has 130 valence electrons. The molecule has 1 fully saturated rings. The standard InChI is InChI=1S/C20H27NO3/c1-19(2,3)15-8-6-14(7-9-15)17(22)10-16-11-20(4,5)13-21(16)12-18(23)24/h6-10H,11-13H2,1-5H3,(H,23,24)/b16-10+. The van der Waals surface area contributed by atoms with Gasteiger partial charge < -0.3 is 10.0 Å². The third-order valence-corrected chi connectivity index (χ3v) is 4.34. The van der Waals surface area contributed by atoms with Crippen molar-refractivity contribution in [2.45, 2.75) is 46.5 Å². The van der Waals surface area contributed by atoms with Crippen molar-refractivity contribution in [2.24, 2.45) is 5.41 Å². The number of carboxylic acid groups (broad SMARTS) is 1. The Labute approximate surface area is 144 Å². The van der Waals surface area contributed by atoms with Gasteiger partial charge in [-0.05, 0) is 22.8 Å². The predicted molar refractivity (Wildman–Crippen MR) is 95.2 cm³/mol. The van der Waals surface area contributed by atoms with Gasteiger partial charge in [0, 0.05) is 23.9 Å². The molecule has 1 aliphatic rings. The zero-order valence-electron chi connectivity index (χ0n) is 15.2. The summed E-state index contributed by atoms with van der Waals surface area (Å²) in [6.07, 6.45) is 2.32. The van der Waals surface area contributed by atoms with Crippen LogP contribution in [0.2, 0.25) is 0 Å². The number of carbonyl (C=O) groups is 2. The maximum Gasteiger partial charge on any atom is 0.323 e. The molecule has 0 saturated carbocycles. The average molecular weight is 329 g/mol. The SMILES string of the molecule is CC1(C)C/C(=C\C(=O)c2ccc(C(C)(C)C)cc2)N(CC(=O)O)C1. The molecule has 0 aromatic heterocycles. The summed E-state index contributed by atoms with van der Waals surface area (Å²) in [7, 11) is 0. The quantitative estimate of drug-likeness (QED) is 0.673. The molecule has 1 aromatic carbocycles. The molecule has 0 radical (unpaired) electrons. The molecule has 0 amide bonds. The number of carbonyl (C=O) groups excluding carboxylic acids is 1. The number of allylic oxidation sites excluding steroid dienone is 2. The third-order valence-electron chi connectivity index (χ3n) is 4.34. The highest BCUT2D eigenvalue weighted by Gasteiger charge is 2.34. The molecule has 4 nitrogen and oxygen atoms in total. The maximum atomic E-state index is 12.6. The summed E-state index contributed by atoms with van der Waals surface area (Å²) in [5.41, 5.74) is 2.66. The van der Waals surface area contributed by atoms with Crippen LogP contribution < -0.4 is 0 Å². The molecule has 1 aromatic rings. The van der Waals surface area contributed by atoms with Crippen molar-refractivity contribution in [3.63, 3.8) is 0 Å². The Balaban J connectivity index is 2.22. The van der Waals surface area contributed by atoms with E-state index in [0.29, 0.717) is 18.5 Å². The smallest absolute Gasteiger partial charge is 0.323 e. The normalized spacial score (nSPS) is 18.9. The summed E-state index contributed by atoms with van der Waals surface area (Å²) in [6, 6.07) is 7.67. The van der Waals surface area contributed by atoms with Gasteiger partial charge in [0.15, 0.2) is 5.78 Å². The van der Waals surface area contributed by atoms with Crippen LogP contribution in [-0.2, 0) is 10.2 Å². The van der Waals surface area contributed by atoms with E-state index in [9.17, 15) is 9.59 Å². The highest BCUT2D eigenvalue weighted by Crippen LogP contribution is 2.36. The van der Waals surface area contributed by atoms with E-state index in [1.807, 2.05) is 24.3 Å². The second-order valence-corrected chi connectivity index (χ2v) is 8.42. The van der Waals surface area contributed by atoms with Crippen molar-refractivity contribution in [2.75, 3.05) is 13.1 Å². The Bertz CT molecular complexity index is 663. The number of aliphatic carboxylic acids is 1. The van der Waals surface area contributed by atoms with Gasteiger partial charge in [0.05, 0.1) is 0 Å². The predicted octanol–water partition coefficient (Wildman–Crippen LogP) is 3.87. The van der Waals surface area contributed by atoms with Crippen molar-refractivity contribution >= 4 is 11.8 Å². The maximum absolute atomic E-state index is 12.6. The van der Waals surface area contributed by atoms with E-state index >= 15 is 0 Å². The van der Waals surface area contributed by atoms with Crippen LogP contribution in [0.15, 0.2) is 36.0 Å². The van der Waals surface area contributed by atoms with Crippen LogP contribution in [0.3, 0.4) is 0 Å². The first-order valence-electron chi connectivity index (χ1n) is 8.30. The molecular weight excluding hydrogens is 302 g/mol. The second-order valence-electron chi connectivity index (χ2n) is 8.42. The van der Waals surface area contributed by atoms with Gasteiger partial charge in [0.2, 0.25) is 0 Å². The van der Waals surface area contributed by atoms with Gasteiger partial charge in [-0.1, -0.05) is 58.9 Å². The van der Waals surface area contributed by atoms with E-state index in [2.05, 4.69) is 34.6 Å². The van der Waals surface area contributed by atoms with Crippen molar-refractivity contribution in [1.82, 2.24) is 4.90 Å². The largest absolute Gasteiger partial charge is 0.480 e. The monoisotopic (exact) mass is 329 g/mol. The topological polar surface area (TPSA) is 57.6 Å². The zero-order valence-corrected chi connectivity index (χ0v) is 15.2. The minimum Gasteiger partial charge on any atom is -0.480 e. The number of hydrogen-bond donors (Lipinski definition) is 1. The zero-order chi connectivity index (χ0) is 18.1. The summed E-state index contributed by atoms with van der Waals surface area (Å²) >= 11 is 0. The molecule has 1 N–H and O–H groups in total. The van der Waals surface area contributed by atoms with Crippen LogP contribution in [0.4, 0.5) is 0 Å². The molecule has 2 rings (SSSR count). The third kappa shape index (κ3) is 4.47. The number of hydrogen-bond acceptors (Lipinski definition) is 3. The van der Waals surface area contributed by atoms with Gasteiger partial charge >= 0.3 is 5.97 Å². The van der Waals surface area contributed by atoms with Crippen LogP contribution >= 0.6 is 0 Å². The van der Waals surface area contributed by atoms with Crippen molar-refractivity contribution in [1.29, 1.82) is 0 Å². The molecular formula is C20H27NO3. The fourth-order valence-corrected chi connectivity index (χ4v) is 3.11. The first-order chi connectivity index (χ1) is 11.0. The number of nitrogens with zero attached hydrogens (tertiary/aromatic N) is 1. The fraction of sp³-hybridized carbons (Fsp3) is 0.500. The van der Waals surface area contributed by atoms with Crippen LogP contribution in [0.25, 0.3) is 0 Å².